The molecular formula is C26H28F2N4O4. The fourth-order valence-corrected chi connectivity index (χ4v) is 5.17. The Morgan fingerprint density at radius 2 is 1.81 bits per heavy atom. The van der Waals surface area contributed by atoms with Gasteiger partial charge in [0.25, 0.3) is 0 Å². The number of amides is 1. The number of carbonyl (C=O) groups is 1. The first-order valence-electron chi connectivity index (χ1n) is 12.3. The van der Waals surface area contributed by atoms with E-state index in [2.05, 4.69) is 21.0 Å². The highest BCUT2D eigenvalue weighted by Gasteiger charge is 2.43. The zero-order chi connectivity index (χ0) is 25.0. The van der Waals surface area contributed by atoms with E-state index in [0.717, 1.165) is 28.6 Å². The molecule has 0 aliphatic carbocycles. The van der Waals surface area contributed by atoms with Gasteiger partial charge in [-0.15, -0.1) is 8.78 Å². The monoisotopic (exact) mass is 498 g/mol. The molecule has 1 N–H and O–H groups in total. The van der Waals surface area contributed by atoms with Gasteiger partial charge in [-0.05, 0) is 68.5 Å². The van der Waals surface area contributed by atoms with E-state index in [9.17, 15) is 13.6 Å². The molecule has 190 valence electrons. The van der Waals surface area contributed by atoms with E-state index in [0.29, 0.717) is 50.8 Å². The number of ether oxygens (including phenoxy) is 3. The number of alkyl halides is 2. The normalized spacial score (nSPS) is 21.3. The Bertz CT molecular complexity index is 1330. The van der Waals surface area contributed by atoms with Crippen molar-refractivity contribution in [1.82, 2.24) is 14.9 Å². The molecule has 8 nitrogen and oxygen atoms in total. The van der Waals surface area contributed by atoms with Crippen molar-refractivity contribution in [1.29, 1.82) is 0 Å². The number of piperidine rings is 1. The number of anilines is 1. The average Bonchev–Trinajstić information content (AvgIpc) is 3.55. The molecule has 0 saturated carbocycles. The summed E-state index contributed by atoms with van der Waals surface area (Å²) in [6.07, 6.45) is -1.42. The molecule has 0 spiro atoms. The van der Waals surface area contributed by atoms with Crippen molar-refractivity contribution < 1.29 is 27.8 Å². The van der Waals surface area contributed by atoms with Crippen molar-refractivity contribution in [2.24, 2.45) is 5.92 Å². The molecule has 1 unspecified atom stereocenters. The van der Waals surface area contributed by atoms with Crippen LogP contribution in [0, 0.1) is 19.8 Å². The van der Waals surface area contributed by atoms with Crippen LogP contribution in [0.5, 0.6) is 11.5 Å². The molecular weight excluding hydrogens is 470 g/mol. The third-order valence-electron chi connectivity index (χ3n) is 7.32. The summed E-state index contributed by atoms with van der Waals surface area (Å²) in [5.74, 6) is 0.726. The topological polar surface area (TPSA) is 77.9 Å². The lowest BCUT2D eigenvalue weighted by Crippen LogP contribution is -2.44. The Hall–Kier alpha value is -3.40. The van der Waals surface area contributed by atoms with Gasteiger partial charge >= 0.3 is 6.29 Å². The first-order chi connectivity index (χ1) is 17.3. The third kappa shape index (κ3) is 4.13. The van der Waals surface area contributed by atoms with Crippen molar-refractivity contribution >= 4 is 22.9 Å². The van der Waals surface area contributed by atoms with Gasteiger partial charge in [-0.1, -0.05) is 0 Å². The Labute approximate surface area is 207 Å². The van der Waals surface area contributed by atoms with Crippen LogP contribution in [0.15, 0.2) is 30.3 Å². The maximum atomic E-state index is 13.6. The Morgan fingerprint density at radius 1 is 1.06 bits per heavy atom. The van der Waals surface area contributed by atoms with Gasteiger partial charge in [0.05, 0.1) is 29.4 Å². The fourth-order valence-electron chi connectivity index (χ4n) is 5.17. The summed E-state index contributed by atoms with van der Waals surface area (Å²) in [6.45, 7) is 6.65. The van der Waals surface area contributed by atoms with E-state index < -0.39 is 6.29 Å². The molecule has 10 heteroatoms. The number of rotatable bonds is 4. The van der Waals surface area contributed by atoms with Gasteiger partial charge in [0.1, 0.15) is 0 Å². The Morgan fingerprint density at radius 3 is 2.56 bits per heavy atom. The molecule has 3 aliphatic rings. The van der Waals surface area contributed by atoms with Gasteiger partial charge in [0.15, 0.2) is 11.5 Å². The molecule has 36 heavy (non-hydrogen) atoms. The third-order valence-corrected chi connectivity index (χ3v) is 7.32. The number of hydrogen-bond donors (Lipinski definition) is 1. The highest BCUT2D eigenvalue weighted by atomic mass is 19.3. The number of carbonyl (C=O) groups excluding carboxylic acids is 1. The predicted octanol–water partition coefficient (Wildman–Crippen LogP) is 4.09. The Balaban J connectivity index is 1.31. The maximum absolute atomic E-state index is 13.6. The number of nitrogens with zero attached hydrogens (tertiary/aromatic N) is 3. The highest BCUT2D eigenvalue weighted by Crippen LogP contribution is 2.43. The van der Waals surface area contributed by atoms with Crippen LogP contribution in [0.4, 0.5) is 14.7 Å². The minimum absolute atomic E-state index is 0.00114. The van der Waals surface area contributed by atoms with Gasteiger partial charge in [-0.2, -0.15) is 0 Å². The SMILES string of the molecule is Cc1cc2nc(N3CCC(C(=O)NC4CCOC4)CC3)n(-c3ccc4c(c3)OC(F)(F)O4)c2cc1C. The number of halogens is 2. The first-order valence-corrected chi connectivity index (χ1v) is 12.3. The molecule has 0 bridgehead atoms. The number of hydrogen-bond acceptors (Lipinski definition) is 6. The smallest absolute Gasteiger partial charge is 0.395 e. The number of fused-ring (bicyclic) bond motifs is 2. The van der Waals surface area contributed by atoms with Crippen molar-refractivity contribution in [3.63, 3.8) is 0 Å². The van der Waals surface area contributed by atoms with E-state index in [4.69, 9.17) is 14.5 Å². The molecule has 2 aromatic carbocycles. The number of imidazole rings is 1. The van der Waals surface area contributed by atoms with Crippen LogP contribution in [0.2, 0.25) is 0 Å². The van der Waals surface area contributed by atoms with Crippen molar-refractivity contribution in [3.05, 3.63) is 41.5 Å². The van der Waals surface area contributed by atoms with Crippen LogP contribution in [0.1, 0.15) is 30.4 Å². The molecule has 0 radical (unpaired) electrons. The lowest BCUT2D eigenvalue weighted by atomic mass is 9.95. The fraction of sp³-hybridized carbons (Fsp3) is 0.462. The van der Waals surface area contributed by atoms with Crippen LogP contribution in [0.25, 0.3) is 16.7 Å². The Kier molecular flexibility index (Phi) is 5.51. The molecule has 3 aliphatic heterocycles. The molecule has 2 fully saturated rings. The summed E-state index contributed by atoms with van der Waals surface area (Å²) in [4.78, 5) is 19.9. The summed E-state index contributed by atoms with van der Waals surface area (Å²) >= 11 is 0. The molecule has 3 aromatic rings. The van der Waals surface area contributed by atoms with E-state index >= 15 is 0 Å². The van der Waals surface area contributed by atoms with Gasteiger partial charge in [0.2, 0.25) is 11.9 Å². The van der Waals surface area contributed by atoms with Crippen LogP contribution < -0.4 is 19.7 Å². The summed E-state index contributed by atoms with van der Waals surface area (Å²) in [7, 11) is 0. The van der Waals surface area contributed by atoms with Gasteiger partial charge < -0.3 is 24.4 Å². The summed E-state index contributed by atoms with van der Waals surface area (Å²) in [6, 6.07) is 8.98. The van der Waals surface area contributed by atoms with E-state index in [-0.39, 0.29) is 29.4 Å². The van der Waals surface area contributed by atoms with Gasteiger partial charge in [-0.3, -0.25) is 9.36 Å². The standard InChI is InChI=1S/C26H28F2N4O4/c1-15-11-20-21(12-16(15)2)32(19-3-4-22-23(13-19)36-26(27,28)35-22)25(30-20)31-8-5-17(6-9-31)24(33)29-18-7-10-34-14-18/h3-4,11-13,17-18H,5-10,14H2,1-2H3,(H,29,33). The summed E-state index contributed by atoms with van der Waals surface area (Å²) in [5, 5.41) is 3.11. The number of nitrogens with one attached hydrogen (secondary N) is 1. The summed E-state index contributed by atoms with van der Waals surface area (Å²) < 4.78 is 43.9. The minimum atomic E-state index is -3.68. The second-order valence-electron chi connectivity index (χ2n) is 9.80. The zero-order valence-corrected chi connectivity index (χ0v) is 20.2. The quantitative estimate of drug-likeness (QED) is 0.584. The molecule has 1 aromatic heterocycles. The van der Waals surface area contributed by atoms with Gasteiger partial charge in [0, 0.05) is 31.7 Å². The van der Waals surface area contributed by atoms with Gasteiger partial charge in [-0.25, -0.2) is 4.98 Å². The molecule has 2 saturated heterocycles. The van der Waals surface area contributed by atoms with E-state index in [1.165, 1.54) is 6.07 Å². The van der Waals surface area contributed by atoms with Crippen LogP contribution in [0.3, 0.4) is 0 Å². The van der Waals surface area contributed by atoms with Crippen molar-refractivity contribution in [3.8, 4) is 17.2 Å². The molecule has 4 heterocycles. The highest BCUT2D eigenvalue weighted by molar-refractivity contribution is 5.84. The van der Waals surface area contributed by atoms with E-state index in [1.807, 2.05) is 24.5 Å². The van der Waals surface area contributed by atoms with Crippen molar-refractivity contribution in [2.45, 2.75) is 45.4 Å². The number of benzene rings is 2. The largest absolute Gasteiger partial charge is 0.586 e. The molecule has 1 amide bonds. The first kappa shape index (κ1) is 23.0. The van der Waals surface area contributed by atoms with Crippen molar-refractivity contribution in [2.75, 3.05) is 31.2 Å². The lowest BCUT2D eigenvalue weighted by Gasteiger charge is -2.32. The van der Waals surface area contributed by atoms with E-state index in [1.54, 1.807) is 12.1 Å². The van der Waals surface area contributed by atoms with Crippen LogP contribution >= 0.6 is 0 Å². The second-order valence-corrected chi connectivity index (χ2v) is 9.80. The minimum Gasteiger partial charge on any atom is -0.395 e. The zero-order valence-electron chi connectivity index (χ0n) is 20.2. The number of aryl methyl sites for hydroxylation is 2. The summed E-state index contributed by atoms with van der Waals surface area (Å²) in [5.41, 5.74) is 4.57. The average molecular weight is 499 g/mol. The predicted molar refractivity (Wildman–Crippen MR) is 129 cm³/mol. The lowest BCUT2D eigenvalue weighted by molar-refractivity contribution is -0.286. The maximum Gasteiger partial charge on any atom is 0.586 e. The molecule has 1 atom stereocenters. The van der Waals surface area contributed by atoms with Crippen LogP contribution in [-0.2, 0) is 9.53 Å². The van der Waals surface area contributed by atoms with Crippen LogP contribution in [-0.4, -0.2) is 54.1 Å². The second kappa shape index (κ2) is 8.62. The number of aromatic nitrogens is 2. The molecule has 6 rings (SSSR count).